The van der Waals surface area contributed by atoms with Gasteiger partial charge in [0.15, 0.2) is 11.5 Å². The molecule has 5 heteroatoms. The van der Waals surface area contributed by atoms with E-state index in [4.69, 9.17) is 14.3 Å². The molecule has 2 aromatic rings. The van der Waals surface area contributed by atoms with Crippen LogP contribution in [-0.2, 0) is 11.4 Å². The molecule has 0 saturated heterocycles. The molecule has 5 nitrogen and oxygen atoms in total. The molecule has 2 aromatic carbocycles. The molecule has 23 heavy (non-hydrogen) atoms. The Balaban J connectivity index is 1.96. The Hall–Kier alpha value is -2.53. The first kappa shape index (κ1) is 16.8. The van der Waals surface area contributed by atoms with Crippen molar-refractivity contribution in [1.29, 1.82) is 0 Å². The second kappa shape index (κ2) is 8.19. The van der Waals surface area contributed by atoms with Crippen molar-refractivity contribution in [2.24, 2.45) is 0 Å². The van der Waals surface area contributed by atoms with Crippen molar-refractivity contribution in [3.63, 3.8) is 0 Å². The molecular formula is C18H21NO4. The van der Waals surface area contributed by atoms with Gasteiger partial charge in [0.1, 0.15) is 0 Å². The lowest BCUT2D eigenvalue weighted by molar-refractivity contribution is 0.0233. The Bertz CT molecular complexity index is 641. The maximum absolute atomic E-state index is 12.1. The van der Waals surface area contributed by atoms with Crippen LogP contribution >= 0.6 is 0 Å². The van der Waals surface area contributed by atoms with Gasteiger partial charge in [-0.1, -0.05) is 30.3 Å². The third kappa shape index (κ3) is 5.00. The van der Waals surface area contributed by atoms with E-state index in [0.717, 1.165) is 5.56 Å². The molecule has 2 rings (SSSR count). The maximum atomic E-state index is 12.1. The first-order valence-electron chi connectivity index (χ1n) is 7.41. The van der Waals surface area contributed by atoms with E-state index in [1.165, 1.54) is 7.11 Å². The quantitative estimate of drug-likeness (QED) is 0.796. The molecule has 0 aliphatic heterocycles. The van der Waals surface area contributed by atoms with E-state index < -0.39 is 0 Å². The SMILES string of the molecule is COc1cc(C(=O)NOCc2ccccc2)ccc1OC(C)C. The van der Waals surface area contributed by atoms with Crippen molar-refractivity contribution in [2.45, 2.75) is 26.6 Å². The van der Waals surface area contributed by atoms with Crippen LogP contribution in [0.5, 0.6) is 11.5 Å². The summed E-state index contributed by atoms with van der Waals surface area (Å²) in [5, 5.41) is 0. The molecule has 0 bridgehead atoms. The highest BCUT2D eigenvalue weighted by atomic mass is 16.6. The van der Waals surface area contributed by atoms with Gasteiger partial charge in [0, 0.05) is 5.56 Å². The van der Waals surface area contributed by atoms with Crippen molar-refractivity contribution in [2.75, 3.05) is 7.11 Å². The Labute approximate surface area is 136 Å². The van der Waals surface area contributed by atoms with Crippen molar-refractivity contribution in [3.05, 3.63) is 59.7 Å². The number of carbonyl (C=O) groups excluding carboxylic acids is 1. The minimum atomic E-state index is -0.338. The molecule has 0 aromatic heterocycles. The third-order valence-electron chi connectivity index (χ3n) is 3.04. The van der Waals surface area contributed by atoms with E-state index in [1.54, 1.807) is 18.2 Å². The molecule has 0 heterocycles. The summed E-state index contributed by atoms with van der Waals surface area (Å²) >= 11 is 0. The molecule has 0 atom stereocenters. The predicted octanol–water partition coefficient (Wildman–Crippen LogP) is 3.34. The summed E-state index contributed by atoms with van der Waals surface area (Å²) in [5.74, 6) is 0.772. The number of hydrogen-bond donors (Lipinski definition) is 1. The van der Waals surface area contributed by atoms with Gasteiger partial charge < -0.3 is 9.47 Å². The van der Waals surface area contributed by atoms with E-state index in [1.807, 2.05) is 44.2 Å². The zero-order chi connectivity index (χ0) is 16.7. The minimum Gasteiger partial charge on any atom is -0.493 e. The number of methoxy groups -OCH3 is 1. The number of amides is 1. The van der Waals surface area contributed by atoms with Gasteiger partial charge in [0.2, 0.25) is 0 Å². The number of hydrogen-bond acceptors (Lipinski definition) is 4. The third-order valence-corrected chi connectivity index (χ3v) is 3.04. The van der Waals surface area contributed by atoms with Crippen LogP contribution in [0.25, 0.3) is 0 Å². The van der Waals surface area contributed by atoms with E-state index in [2.05, 4.69) is 5.48 Å². The molecular weight excluding hydrogens is 294 g/mol. The Morgan fingerprint density at radius 2 is 1.83 bits per heavy atom. The van der Waals surface area contributed by atoms with Crippen LogP contribution in [0.2, 0.25) is 0 Å². The molecule has 0 unspecified atom stereocenters. The fraction of sp³-hybridized carbons (Fsp3) is 0.278. The molecule has 0 spiro atoms. The summed E-state index contributed by atoms with van der Waals surface area (Å²) in [4.78, 5) is 17.3. The Morgan fingerprint density at radius 3 is 2.48 bits per heavy atom. The van der Waals surface area contributed by atoms with Crippen molar-refractivity contribution in [3.8, 4) is 11.5 Å². The largest absolute Gasteiger partial charge is 0.493 e. The highest BCUT2D eigenvalue weighted by Gasteiger charge is 2.12. The van der Waals surface area contributed by atoms with Gasteiger partial charge in [-0.2, -0.15) is 0 Å². The maximum Gasteiger partial charge on any atom is 0.274 e. The van der Waals surface area contributed by atoms with Crippen LogP contribution in [0.15, 0.2) is 48.5 Å². The van der Waals surface area contributed by atoms with Crippen LogP contribution in [-0.4, -0.2) is 19.1 Å². The van der Waals surface area contributed by atoms with Gasteiger partial charge in [0.05, 0.1) is 19.8 Å². The number of carbonyl (C=O) groups is 1. The van der Waals surface area contributed by atoms with Crippen LogP contribution < -0.4 is 15.0 Å². The Kier molecular flexibility index (Phi) is 6.00. The van der Waals surface area contributed by atoms with Crippen LogP contribution in [0, 0.1) is 0 Å². The molecule has 1 amide bonds. The monoisotopic (exact) mass is 315 g/mol. The van der Waals surface area contributed by atoms with Gasteiger partial charge in [-0.3, -0.25) is 9.63 Å². The lowest BCUT2D eigenvalue weighted by Crippen LogP contribution is -2.23. The van der Waals surface area contributed by atoms with E-state index >= 15 is 0 Å². The highest BCUT2D eigenvalue weighted by Crippen LogP contribution is 2.28. The van der Waals surface area contributed by atoms with Gasteiger partial charge >= 0.3 is 0 Å². The Morgan fingerprint density at radius 1 is 1.09 bits per heavy atom. The molecule has 0 saturated carbocycles. The lowest BCUT2D eigenvalue weighted by Gasteiger charge is -2.14. The summed E-state index contributed by atoms with van der Waals surface area (Å²) in [5.41, 5.74) is 3.84. The van der Waals surface area contributed by atoms with Crippen LogP contribution in [0.3, 0.4) is 0 Å². The van der Waals surface area contributed by atoms with Gasteiger partial charge in [-0.25, -0.2) is 5.48 Å². The van der Waals surface area contributed by atoms with Crippen molar-refractivity contribution >= 4 is 5.91 Å². The second-order valence-corrected chi connectivity index (χ2v) is 5.24. The predicted molar refractivity (Wildman–Crippen MR) is 87.5 cm³/mol. The number of benzene rings is 2. The summed E-state index contributed by atoms with van der Waals surface area (Å²) in [6.45, 7) is 4.16. The molecule has 122 valence electrons. The number of ether oxygens (including phenoxy) is 2. The smallest absolute Gasteiger partial charge is 0.274 e. The normalized spacial score (nSPS) is 10.4. The average Bonchev–Trinajstić information content (AvgIpc) is 2.55. The van der Waals surface area contributed by atoms with E-state index in [0.29, 0.717) is 23.7 Å². The van der Waals surface area contributed by atoms with Crippen molar-refractivity contribution < 1.29 is 19.1 Å². The van der Waals surface area contributed by atoms with Gasteiger partial charge in [-0.05, 0) is 37.6 Å². The van der Waals surface area contributed by atoms with Gasteiger partial charge in [0.25, 0.3) is 5.91 Å². The number of rotatable bonds is 7. The fourth-order valence-corrected chi connectivity index (χ4v) is 1.98. The first-order valence-corrected chi connectivity index (χ1v) is 7.41. The highest BCUT2D eigenvalue weighted by molar-refractivity contribution is 5.94. The van der Waals surface area contributed by atoms with Crippen LogP contribution in [0.4, 0.5) is 0 Å². The van der Waals surface area contributed by atoms with E-state index in [9.17, 15) is 4.79 Å². The second-order valence-electron chi connectivity index (χ2n) is 5.24. The molecule has 0 radical (unpaired) electrons. The number of nitrogens with one attached hydrogen (secondary N) is 1. The average molecular weight is 315 g/mol. The summed E-state index contributed by atoms with van der Waals surface area (Å²) in [6, 6.07) is 14.6. The summed E-state index contributed by atoms with van der Waals surface area (Å²) in [6.07, 6.45) is 0.0257. The zero-order valence-electron chi connectivity index (χ0n) is 13.5. The number of hydroxylamine groups is 1. The standard InChI is InChI=1S/C18H21NO4/c1-13(2)23-16-10-9-15(11-17(16)21-3)18(20)19-22-12-14-7-5-4-6-8-14/h4-11,13H,12H2,1-3H3,(H,19,20). The lowest BCUT2D eigenvalue weighted by atomic mass is 10.2. The zero-order valence-corrected chi connectivity index (χ0v) is 13.5. The molecule has 0 fully saturated rings. The van der Waals surface area contributed by atoms with E-state index in [-0.39, 0.29) is 12.0 Å². The summed E-state index contributed by atoms with van der Waals surface area (Å²) < 4.78 is 10.9. The minimum absolute atomic E-state index is 0.0257. The van der Waals surface area contributed by atoms with Crippen molar-refractivity contribution in [1.82, 2.24) is 5.48 Å². The topological polar surface area (TPSA) is 56.8 Å². The molecule has 1 N–H and O–H groups in total. The first-order chi connectivity index (χ1) is 11.1. The fourth-order valence-electron chi connectivity index (χ4n) is 1.98. The molecule has 0 aliphatic rings. The summed E-state index contributed by atoms with van der Waals surface area (Å²) in [7, 11) is 1.54. The van der Waals surface area contributed by atoms with Crippen LogP contribution in [0.1, 0.15) is 29.8 Å². The van der Waals surface area contributed by atoms with Gasteiger partial charge in [-0.15, -0.1) is 0 Å². The molecule has 0 aliphatic carbocycles.